The van der Waals surface area contributed by atoms with Gasteiger partial charge in [0.15, 0.2) is 0 Å². The van der Waals surface area contributed by atoms with Gasteiger partial charge < -0.3 is 10.2 Å². The smallest absolute Gasteiger partial charge is 0.247 e. The van der Waals surface area contributed by atoms with E-state index in [0.29, 0.717) is 6.54 Å². The minimum absolute atomic E-state index is 0.0393. The van der Waals surface area contributed by atoms with E-state index in [-0.39, 0.29) is 5.91 Å². The lowest BCUT2D eigenvalue weighted by Crippen LogP contribution is -2.39. The van der Waals surface area contributed by atoms with Gasteiger partial charge in [-0.05, 0) is 60.6 Å². The molecule has 38 heavy (non-hydrogen) atoms. The van der Waals surface area contributed by atoms with E-state index in [2.05, 4.69) is 90.6 Å². The van der Waals surface area contributed by atoms with Crippen LogP contribution >= 0.6 is 0 Å². The number of allylic oxidation sites excluding steroid dienone is 5. The van der Waals surface area contributed by atoms with E-state index in [1.165, 1.54) is 5.56 Å². The fourth-order valence-electron chi connectivity index (χ4n) is 4.20. The number of nitrogens with zero attached hydrogens (tertiary/aromatic N) is 2. The van der Waals surface area contributed by atoms with E-state index in [4.69, 9.17) is 0 Å². The summed E-state index contributed by atoms with van der Waals surface area (Å²) in [7, 11) is 1.95. The van der Waals surface area contributed by atoms with Gasteiger partial charge in [0.1, 0.15) is 6.04 Å². The highest BCUT2D eigenvalue weighted by Crippen LogP contribution is 2.28. The molecule has 0 fully saturated rings. The third-order valence-corrected chi connectivity index (χ3v) is 6.26. The molecule has 0 aliphatic heterocycles. The van der Waals surface area contributed by atoms with Crippen molar-refractivity contribution in [1.29, 1.82) is 0 Å². The maximum atomic E-state index is 13.3. The van der Waals surface area contributed by atoms with Crippen LogP contribution in [-0.4, -0.2) is 24.5 Å². The van der Waals surface area contributed by atoms with Gasteiger partial charge in [-0.2, -0.15) is 0 Å². The van der Waals surface area contributed by atoms with Gasteiger partial charge in [0.05, 0.1) is 0 Å². The molecule has 0 saturated heterocycles. The maximum Gasteiger partial charge on any atom is 0.247 e. The lowest BCUT2D eigenvalue weighted by atomic mass is 10.0. The molecule has 1 aromatic heterocycles. The van der Waals surface area contributed by atoms with E-state index in [1.54, 1.807) is 12.4 Å². The van der Waals surface area contributed by atoms with Crippen molar-refractivity contribution in [3.05, 3.63) is 133 Å². The number of nitrogens with one attached hydrogen (secondary N) is 1. The fourth-order valence-corrected chi connectivity index (χ4v) is 4.20. The van der Waals surface area contributed by atoms with Crippen molar-refractivity contribution >= 4 is 11.6 Å². The Labute approximate surface area is 228 Å². The third kappa shape index (κ3) is 8.74. The third-order valence-electron chi connectivity index (χ3n) is 6.26. The van der Waals surface area contributed by atoms with Crippen molar-refractivity contribution in [1.82, 2.24) is 10.3 Å². The molecule has 1 aliphatic carbocycles. The number of amides is 1. The summed E-state index contributed by atoms with van der Waals surface area (Å²) in [5.74, 6) is -0.0393. The molecule has 1 unspecified atom stereocenters. The summed E-state index contributed by atoms with van der Waals surface area (Å²) >= 11 is 0. The molecule has 4 nitrogen and oxygen atoms in total. The Morgan fingerprint density at radius 2 is 1.79 bits per heavy atom. The van der Waals surface area contributed by atoms with E-state index >= 15 is 0 Å². The second-order valence-corrected chi connectivity index (χ2v) is 9.09. The largest absolute Gasteiger partial charge is 0.359 e. The molecule has 1 amide bonds. The zero-order valence-electron chi connectivity index (χ0n) is 22.6. The van der Waals surface area contributed by atoms with Crippen LogP contribution in [0.15, 0.2) is 128 Å². The maximum absolute atomic E-state index is 13.3. The number of hydrogen-bond acceptors (Lipinski definition) is 3. The molecule has 1 aliphatic rings. The van der Waals surface area contributed by atoms with Crippen LogP contribution in [0.1, 0.15) is 44.2 Å². The Bertz CT molecular complexity index is 1210. The molecular formula is C34H39N3O. The summed E-state index contributed by atoms with van der Waals surface area (Å²) in [5, 5.41) is 3.11. The fraction of sp³-hybridized carbons (Fsp3) is 0.235. The van der Waals surface area contributed by atoms with E-state index < -0.39 is 6.04 Å². The van der Waals surface area contributed by atoms with E-state index in [1.807, 2.05) is 48.4 Å². The molecule has 4 rings (SSSR count). The normalized spacial score (nSPS) is 13.2. The summed E-state index contributed by atoms with van der Waals surface area (Å²) in [6, 6.07) is 21.9. The van der Waals surface area contributed by atoms with Gasteiger partial charge in [-0.25, -0.2) is 0 Å². The topological polar surface area (TPSA) is 45.2 Å². The minimum Gasteiger partial charge on any atom is -0.359 e. The van der Waals surface area contributed by atoms with Gasteiger partial charge in [-0.1, -0.05) is 91.9 Å². The molecule has 1 atom stereocenters. The van der Waals surface area contributed by atoms with Gasteiger partial charge in [0.25, 0.3) is 0 Å². The van der Waals surface area contributed by atoms with E-state index in [0.717, 1.165) is 48.1 Å². The number of carbonyl (C=O) groups excluding carboxylic acids is 1. The summed E-state index contributed by atoms with van der Waals surface area (Å²) < 4.78 is 0. The Morgan fingerprint density at radius 1 is 1.03 bits per heavy atom. The summed E-state index contributed by atoms with van der Waals surface area (Å²) in [6.07, 6.45) is 20.3. The minimum atomic E-state index is -0.468. The predicted molar refractivity (Wildman–Crippen MR) is 161 cm³/mol. The number of benzene rings is 2. The summed E-state index contributed by atoms with van der Waals surface area (Å²) in [4.78, 5) is 19.5. The quantitative estimate of drug-likeness (QED) is 0.285. The molecule has 2 aromatic carbocycles. The molecule has 0 spiro atoms. The summed E-state index contributed by atoms with van der Waals surface area (Å²) in [6.45, 7) is 6.24. The zero-order chi connectivity index (χ0) is 27.0. The second kappa shape index (κ2) is 15.8. The van der Waals surface area contributed by atoms with Gasteiger partial charge >= 0.3 is 0 Å². The van der Waals surface area contributed by atoms with Gasteiger partial charge in [0.2, 0.25) is 5.91 Å². The first-order valence-corrected chi connectivity index (χ1v) is 13.3. The molecule has 4 heteroatoms. The summed E-state index contributed by atoms with van der Waals surface area (Å²) in [5.41, 5.74) is 5.31. The first-order chi connectivity index (χ1) is 18.6. The molecule has 196 valence electrons. The lowest BCUT2D eigenvalue weighted by molar-refractivity contribution is -0.122. The molecule has 0 radical (unpaired) electrons. The number of hydrogen-bond donors (Lipinski definition) is 1. The number of anilines is 1. The standard InChI is InChI=1S/C27H27N3O.C7H12/c1-30(25-16-14-23(15-17-25)22-11-6-3-7-12-22)26(24-13-8-18-28-20-24)27(31)29-19-21-9-4-2-5-10-21;1-3-5-7-6-4-2/h3-4,6-18,20,26H,2,5,19H2,1H3,(H,29,31);3,6-7H,1,4-5H2,2H3/b;7-6+. The monoisotopic (exact) mass is 505 g/mol. The number of carbonyl (C=O) groups is 1. The zero-order valence-corrected chi connectivity index (χ0v) is 22.6. The molecular weight excluding hydrogens is 466 g/mol. The second-order valence-electron chi connectivity index (χ2n) is 9.09. The van der Waals surface area contributed by atoms with Crippen LogP contribution in [-0.2, 0) is 4.79 Å². The first kappa shape index (κ1) is 28.4. The van der Waals surface area contributed by atoms with Gasteiger partial charge in [0, 0.05) is 37.2 Å². The van der Waals surface area contributed by atoms with Crippen LogP contribution in [0.4, 0.5) is 5.69 Å². The molecule has 0 bridgehead atoms. The van der Waals surface area contributed by atoms with Crippen molar-refractivity contribution in [3.8, 4) is 11.1 Å². The van der Waals surface area contributed by atoms with Crippen LogP contribution in [0.25, 0.3) is 11.1 Å². The lowest BCUT2D eigenvalue weighted by Gasteiger charge is -2.29. The van der Waals surface area contributed by atoms with Crippen LogP contribution in [0, 0.1) is 0 Å². The number of aromatic nitrogens is 1. The Hall–Kier alpha value is -4.18. The average Bonchev–Trinajstić information content (AvgIpc) is 2.98. The Morgan fingerprint density at radius 3 is 2.42 bits per heavy atom. The van der Waals surface area contributed by atoms with Crippen molar-refractivity contribution in [2.45, 2.75) is 38.6 Å². The highest BCUT2D eigenvalue weighted by molar-refractivity contribution is 5.87. The van der Waals surface area contributed by atoms with Crippen molar-refractivity contribution in [3.63, 3.8) is 0 Å². The first-order valence-electron chi connectivity index (χ1n) is 13.3. The van der Waals surface area contributed by atoms with Gasteiger partial charge in [-0.15, -0.1) is 6.58 Å². The number of likely N-dealkylation sites (N-methyl/N-ethyl adjacent to an activating group) is 1. The Balaban J connectivity index is 0.000000505. The van der Waals surface area contributed by atoms with Gasteiger partial charge in [-0.3, -0.25) is 9.78 Å². The predicted octanol–water partition coefficient (Wildman–Crippen LogP) is 7.85. The molecule has 0 saturated carbocycles. The number of pyridine rings is 1. The van der Waals surface area contributed by atoms with Crippen LogP contribution in [0.5, 0.6) is 0 Å². The SMILES string of the molecule is C=CC/C=C/CC.CN(c1ccc(-c2ccccc2)cc1)C(C(=O)NCC1=CCCC=C1)c1cccnc1. The van der Waals surface area contributed by atoms with Crippen molar-refractivity contribution in [2.24, 2.45) is 0 Å². The highest BCUT2D eigenvalue weighted by Gasteiger charge is 2.26. The number of rotatable bonds is 10. The van der Waals surface area contributed by atoms with Crippen molar-refractivity contribution < 1.29 is 4.79 Å². The van der Waals surface area contributed by atoms with Crippen LogP contribution < -0.4 is 10.2 Å². The van der Waals surface area contributed by atoms with Crippen molar-refractivity contribution in [2.75, 3.05) is 18.5 Å². The van der Waals surface area contributed by atoms with E-state index in [9.17, 15) is 4.79 Å². The highest BCUT2D eigenvalue weighted by atomic mass is 16.2. The molecule has 3 aromatic rings. The molecule has 1 N–H and O–H groups in total. The van der Waals surface area contributed by atoms with Crippen LogP contribution in [0.3, 0.4) is 0 Å². The van der Waals surface area contributed by atoms with Crippen LogP contribution in [0.2, 0.25) is 0 Å². The Kier molecular flexibility index (Phi) is 11.8. The average molecular weight is 506 g/mol. The molecule has 1 heterocycles.